The minimum atomic E-state index is -1.34. The van der Waals surface area contributed by atoms with Gasteiger partial charge >= 0.3 is 0 Å². The summed E-state index contributed by atoms with van der Waals surface area (Å²) in [7, 11) is 2.86. The van der Waals surface area contributed by atoms with E-state index in [1.807, 2.05) is 0 Å². The van der Waals surface area contributed by atoms with Crippen LogP contribution in [0.4, 0.5) is 11.4 Å². The lowest BCUT2D eigenvalue weighted by atomic mass is 10.2. The minimum absolute atomic E-state index is 0.193. The molecule has 2 aromatic carbocycles. The number of anilines is 1. The first-order valence-corrected chi connectivity index (χ1v) is 8.93. The van der Waals surface area contributed by atoms with E-state index in [1.54, 1.807) is 37.3 Å². The predicted molar refractivity (Wildman–Crippen MR) is 108 cm³/mol. The second-order valence-electron chi connectivity index (χ2n) is 5.76. The Balaban J connectivity index is 2.29. The number of amides is 1. The number of hydrogen-bond donors (Lipinski definition) is 1. The van der Waals surface area contributed by atoms with Gasteiger partial charge in [-0.05, 0) is 43.7 Å². The van der Waals surface area contributed by atoms with Crippen molar-refractivity contribution in [2.24, 2.45) is 10.2 Å². The number of nitrogens with zero attached hydrogens (tertiary/aromatic N) is 2. The Morgan fingerprint density at radius 2 is 1.82 bits per heavy atom. The summed E-state index contributed by atoms with van der Waals surface area (Å²) >= 11 is 12.2. The van der Waals surface area contributed by atoms with Gasteiger partial charge in [0, 0.05) is 5.02 Å². The van der Waals surface area contributed by atoms with Crippen LogP contribution in [-0.2, 0) is 9.59 Å². The highest BCUT2D eigenvalue weighted by atomic mass is 35.5. The van der Waals surface area contributed by atoms with Crippen LogP contribution in [-0.4, -0.2) is 32.0 Å². The summed E-state index contributed by atoms with van der Waals surface area (Å²) < 4.78 is 10.4. The summed E-state index contributed by atoms with van der Waals surface area (Å²) in [6.07, 6.45) is 0. The van der Waals surface area contributed by atoms with Crippen LogP contribution in [0.5, 0.6) is 11.5 Å². The Morgan fingerprint density at radius 1 is 1.11 bits per heavy atom. The molecule has 0 aliphatic rings. The number of methoxy groups -OCH3 is 2. The van der Waals surface area contributed by atoms with Gasteiger partial charge in [-0.2, -0.15) is 10.2 Å². The van der Waals surface area contributed by atoms with Crippen LogP contribution in [0.15, 0.2) is 40.6 Å². The normalized spacial score (nSPS) is 11.9. The Hall–Kier alpha value is -2.64. The fraction of sp³-hybridized carbons (Fsp3) is 0.263. The van der Waals surface area contributed by atoms with Crippen molar-refractivity contribution >= 4 is 46.3 Å². The van der Waals surface area contributed by atoms with Crippen LogP contribution in [0.3, 0.4) is 0 Å². The highest BCUT2D eigenvalue weighted by molar-refractivity contribution is 6.34. The van der Waals surface area contributed by atoms with Gasteiger partial charge in [0.25, 0.3) is 5.91 Å². The largest absolute Gasteiger partial charge is 0.495 e. The lowest BCUT2D eigenvalue weighted by Crippen LogP contribution is -2.32. The van der Waals surface area contributed by atoms with Gasteiger partial charge in [0.15, 0.2) is 11.5 Å². The first kappa shape index (κ1) is 21.7. The second-order valence-corrected chi connectivity index (χ2v) is 6.55. The molecule has 0 aliphatic carbocycles. The molecule has 0 aromatic heterocycles. The number of carbonyl (C=O) groups is 2. The number of nitrogens with one attached hydrogen (secondary N) is 1. The molecule has 0 spiro atoms. The Labute approximate surface area is 172 Å². The van der Waals surface area contributed by atoms with Gasteiger partial charge < -0.3 is 14.8 Å². The molecule has 148 valence electrons. The molecule has 0 saturated carbocycles. The summed E-state index contributed by atoms with van der Waals surface area (Å²) in [5, 5.41) is 11.2. The third-order valence-electron chi connectivity index (χ3n) is 3.90. The number of benzene rings is 2. The van der Waals surface area contributed by atoms with E-state index in [9.17, 15) is 9.59 Å². The van der Waals surface area contributed by atoms with Crippen molar-refractivity contribution in [3.8, 4) is 11.5 Å². The van der Waals surface area contributed by atoms with E-state index in [-0.39, 0.29) is 16.5 Å². The first-order valence-electron chi connectivity index (χ1n) is 8.17. The molecule has 0 saturated heterocycles. The third kappa shape index (κ3) is 4.79. The van der Waals surface area contributed by atoms with Crippen LogP contribution in [0.1, 0.15) is 12.5 Å². The van der Waals surface area contributed by atoms with E-state index in [2.05, 4.69) is 15.5 Å². The quantitative estimate of drug-likeness (QED) is 0.501. The number of Topliss-reactive ketones (excluding diaryl/α,β-unsaturated/α-hetero) is 1. The molecule has 28 heavy (non-hydrogen) atoms. The van der Waals surface area contributed by atoms with Crippen LogP contribution in [0.25, 0.3) is 0 Å². The van der Waals surface area contributed by atoms with Crippen molar-refractivity contribution in [2.45, 2.75) is 19.9 Å². The maximum absolute atomic E-state index is 12.6. The standard InChI is InChI=1S/C19H19Cl2N3O4/c1-10-12(20)6-5-7-13(10)23-24-17(11(2)25)19(26)22-14-8-9-15(27-3)16(21)18(14)28-4/h5-9,17H,1-4H3,(H,22,26). The topological polar surface area (TPSA) is 89.4 Å². The van der Waals surface area contributed by atoms with Gasteiger partial charge in [0.1, 0.15) is 10.8 Å². The lowest BCUT2D eigenvalue weighted by molar-refractivity contribution is -0.126. The van der Waals surface area contributed by atoms with E-state index in [0.717, 1.165) is 0 Å². The molecule has 1 atom stereocenters. The first-order chi connectivity index (χ1) is 13.3. The zero-order valence-corrected chi connectivity index (χ0v) is 17.3. The Morgan fingerprint density at radius 3 is 2.43 bits per heavy atom. The molecule has 0 radical (unpaired) electrons. The second kappa shape index (κ2) is 9.52. The summed E-state index contributed by atoms with van der Waals surface area (Å²) in [6.45, 7) is 3.02. The zero-order valence-electron chi connectivity index (χ0n) is 15.7. The molecule has 2 rings (SSSR count). The van der Waals surface area contributed by atoms with Crippen molar-refractivity contribution in [2.75, 3.05) is 19.5 Å². The molecule has 7 nitrogen and oxygen atoms in total. The molecule has 0 heterocycles. The van der Waals surface area contributed by atoms with Crippen molar-refractivity contribution in [3.63, 3.8) is 0 Å². The molecule has 2 aromatic rings. The number of carbonyl (C=O) groups excluding carboxylic acids is 2. The van der Waals surface area contributed by atoms with Gasteiger partial charge in [-0.15, -0.1) is 0 Å². The molecular formula is C19H19Cl2N3O4. The molecular weight excluding hydrogens is 405 g/mol. The summed E-state index contributed by atoms with van der Waals surface area (Å²) in [6, 6.07) is 6.88. The Kier molecular flexibility index (Phi) is 7.37. The summed E-state index contributed by atoms with van der Waals surface area (Å²) in [4.78, 5) is 24.6. The van der Waals surface area contributed by atoms with Crippen molar-refractivity contribution in [1.29, 1.82) is 0 Å². The van der Waals surface area contributed by atoms with Gasteiger partial charge in [-0.3, -0.25) is 9.59 Å². The summed E-state index contributed by atoms with van der Waals surface area (Å²) in [5.41, 5.74) is 1.44. The molecule has 0 bridgehead atoms. The zero-order chi connectivity index (χ0) is 20.8. The third-order valence-corrected chi connectivity index (χ3v) is 4.66. The number of ketones is 1. The van der Waals surface area contributed by atoms with Crippen molar-refractivity contribution in [3.05, 3.63) is 45.9 Å². The fourth-order valence-corrected chi connectivity index (χ4v) is 2.83. The molecule has 0 aliphatic heterocycles. The highest BCUT2D eigenvalue weighted by Gasteiger charge is 2.25. The van der Waals surface area contributed by atoms with Crippen LogP contribution >= 0.6 is 23.2 Å². The van der Waals surface area contributed by atoms with Gasteiger partial charge in [-0.1, -0.05) is 29.3 Å². The minimum Gasteiger partial charge on any atom is -0.495 e. The fourth-order valence-electron chi connectivity index (χ4n) is 2.34. The Bertz CT molecular complexity index is 932. The summed E-state index contributed by atoms with van der Waals surface area (Å²) in [5.74, 6) is -0.551. The van der Waals surface area contributed by atoms with Crippen LogP contribution in [0.2, 0.25) is 10.0 Å². The number of hydrogen-bond acceptors (Lipinski definition) is 6. The van der Waals surface area contributed by atoms with E-state index >= 15 is 0 Å². The molecule has 0 fully saturated rings. The average Bonchev–Trinajstić information content (AvgIpc) is 2.65. The molecule has 1 amide bonds. The lowest BCUT2D eigenvalue weighted by Gasteiger charge is -2.15. The molecule has 1 unspecified atom stereocenters. The number of rotatable bonds is 7. The SMILES string of the molecule is COc1ccc(NC(=O)C(N=Nc2cccc(Cl)c2C)C(C)=O)c(OC)c1Cl. The predicted octanol–water partition coefficient (Wildman–Crippen LogP) is 5.00. The van der Waals surface area contributed by atoms with Crippen molar-refractivity contribution < 1.29 is 19.1 Å². The van der Waals surface area contributed by atoms with Gasteiger partial charge in [0.2, 0.25) is 6.04 Å². The molecule has 9 heteroatoms. The van der Waals surface area contributed by atoms with E-state index in [4.69, 9.17) is 32.7 Å². The van der Waals surface area contributed by atoms with Gasteiger partial charge in [0.05, 0.1) is 25.6 Å². The van der Waals surface area contributed by atoms with Crippen LogP contribution in [0, 0.1) is 6.92 Å². The highest BCUT2D eigenvalue weighted by Crippen LogP contribution is 2.40. The van der Waals surface area contributed by atoms with E-state index in [0.29, 0.717) is 22.0 Å². The number of halogens is 2. The smallest absolute Gasteiger partial charge is 0.258 e. The van der Waals surface area contributed by atoms with E-state index < -0.39 is 17.7 Å². The van der Waals surface area contributed by atoms with Crippen LogP contribution < -0.4 is 14.8 Å². The average molecular weight is 424 g/mol. The number of azo groups is 1. The monoisotopic (exact) mass is 423 g/mol. The number of ether oxygens (including phenoxy) is 2. The maximum Gasteiger partial charge on any atom is 0.258 e. The van der Waals surface area contributed by atoms with E-state index in [1.165, 1.54) is 21.1 Å². The van der Waals surface area contributed by atoms with Gasteiger partial charge in [-0.25, -0.2) is 0 Å². The maximum atomic E-state index is 12.6. The molecule has 1 N–H and O–H groups in total. The van der Waals surface area contributed by atoms with Crippen molar-refractivity contribution in [1.82, 2.24) is 0 Å².